The van der Waals surface area contributed by atoms with Crippen LogP contribution < -0.4 is 10.5 Å². The van der Waals surface area contributed by atoms with Crippen molar-refractivity contribution >= 4 is 11.8 Å². The average molecular weight is 278 g/mol. The number of rotatable bonds is 4. The van der Waals surface area contributed by atoms with Gasteiger partial charge < -0.3 is 10.5 Å². The summed E-state index contributed by atoms with van der Waals surface area (Å²) in [5.41, 5.74) is 7.17. The molecule has 0 radical (unpaired) electrons. The van der Waals surface area contributed by atoms with Crippen molar-refractivity contribution in [2.45, 2.75) is 18.6 Å². The Hall–Kier alpha value is -0.710. The molecule has 19 heavy (non-hydrogen) atoms. The van der Waals surface area contributed by atoms with Gasteiger partial charge in [0.05, 0.1) is 0 Å². The van der Waals surface area contributed by atoms with E-state index in [1.807, 2.05) is 11.8 Å². The molecule has 104 valence electrons. The lowest BCUT2D eigenvalue weighted by atomic mass is 10.00. The highest BCUT2D eigenvalue weighted by atomic mass is 32.2. The molecule has 2 fully saturated rings. The number of likely N-dealkylation sites (tertiary alicyclic amines) is 1. The van der Waals surface area contributed by atoms with Crippen LogP contribution in [0.1, 0.15) is 18.0 Å². The number of nitrogens with two attached hydrogens (primary N) is 1. The van der Waals surface area contributed by atoms with Crippen LogP contribution in [0.4, 0.5) is 0 Å². The minimum absolute atomic E-state index is 0.415. The van der Waals surface area contributed by atoms with E-state index < -0.39 is 0 Å². The second kappa shape index (κ2) is 5.73. The summed E-state index contributed by atoms with van der Waals surface area (Å²) in [6.07, 6.45) is 1.58. The Labute approximate surface area is 119 Å². The Morgan fingerprint density at radius 2 is 2.26 bits per heavy atom. The molecule has 2 aliphatic heterocycles. The first kappa shape index (κ1) is 13.3. The van der Waals surface area contributed by atoms with Gasteiger partial charge in [0.25, 0.3) is 0 Å². The number of thioether (sulfide) groups is 1. The van der Waals surface area contributed by atoms with Crippen molar-refractivity contribution in [2.24, 2.45) is 11.7 Å². The first-order chi connectivity index (χ1) is 9.26. The van der Waals surface area contributed by atoms with Crippen LogP contribution in [-0.4, -0.2) is 42.6 Å². The third kappa shape index (κ3) is 2.91. The SMILES string of the molecule is CN1CC(CN)CC1c1cccc(OC2CSC2)c1. The van der Waals surface area contributed by atoms with Gasteiger partial charge in [-0.3, -0.25) is 4.90 Å². The summed E-state index contributed by atoms with van der Waals surface area (Å²) in [7, 11) is 2.19. The molecule has 2 N–H and O–H groups in total. The maximum atomic E-state index is 5.97. The van der Waals surface area contributed by atoms with Crippen LogP contribution in [0, 0.1) is 5.92 Å². The second-order valence-corrected chi connectivity index (χ2v) is 6.72. The highest BCUT2D eigenvalue weighted by Gasteiger charge is 2.30. The van der Waals surface area contributed by atoms with E-state index in [2.05, 4.69) is 36.2 Å². The highest BCUT2D eigenvalue weighted by Crippen LogP contribution is 2.35. The Balaban J connectivity index is 1.71. The normalized spacial score (nSPS) is 28.3. The van der Waals surface area contributed by atoms with Gasteiger partial charge in [0.15, 0.2) is 0 Å². The number of hydrogen-bond acceptors (Lipinski definition) is 4. The monoisotopic (exact) mass is 278 g/mol. The molecule has 2 heterocycles. The van der Waals surface area contributed by atoms with Crippen LogP contribution in [0.2, 0.25) is 0 Å². The van der Waals surface area contributed by atoms with Crippen molar-refractivity contribution in [3.63, 3.8) is 0 Å². The van der Waals surface area contributed by atoms with Gasteiger partial charge in [0.2, 0.25) is 0 Å². The van der Waals surface area contributed by atoms with Crippen molar-refractivity contribution < 1.29 is 4.74 Å². The minimum Gasteiger partial charge on any atom is -0.489 e. The summed E-state index contributed by atoms with van der Waals surface area (Å²) in [6.45, 7) is 1.89. The number of ether oxygens (including phenoxy) is 1. The van der Waals surface area contributed by atoms with Crippen LogP contribution in [0.15, 0.2) is 24.3 Å². The van der Waals surface area contributed by atoms with Gasteiger partial charge in [-0.15, -0.1) is 0 Å². The van der Waals surface area contributed by atoms with Crippen molar-refractivity contribution in [1.29, 1.82) is 0 Å². The van der Waals surface area contributed by atoms with Gasteiger partial charge in [-0.25, -0.2) is 0 Å². The number of hydrogen-bond donors (Lipinski definition) is 1. The molecule has 4 heteroatoms. The zero-order valence-corrected chi connectivity index (χ0v) is 12.2. The summed E-state index contributed by atoms with van der Waals surface area (Å²) in [5.74, 6) is 3.90. The van der Waals surface area contributed by atoms with Crippen LogP contribution in [0.3, 0.4) is 0 Å². The molecule has 1 aromatic rings. The van der Waals surface area contributed by atoms with Gasteiger partial charge in [0.1, 0.15) is 11.9 Å². The fraction of sp³-hybridized carbons (Fsp3) is 0.600. The van der Waals surface area contributed by atoms with E-state index in [0.717, 1.165) is 36.8 Å². The first-order valence-corrected chi connectivity index (χ1v) is 8.16. The Morgan fingerprint density at radius 1 is 1.42 bits per heavy atom. The fourth-order valence-corrected chi connectivity index (χ4v) is 3.50. The van der Waals surface area contributed by atoms with Gasteiger partial charge >= 0.3 is 0 Å². The van der Waals surface area contributed by atoms with Crippen molar-refractivity contribution in [3.8, 4) is 5.75 Å². The summed E-state index contributed by atoms with van der Waals surface area (Å²) in [4.78, 5) is 2.41. The summed E-state index contributed by atoms with van der Waals surface area (Å²) >= 11 is 1.95. The first-order valence-electron chi connectivity index (χ1n) is 7.01. The molecule has 3 rings (SSSR count). The van der Waals surface area contributed by atoms with E-state index in [0.29, 0.717) is 18.1 Å². The third-order valence-corrected chi connectivity index (χ3v) is 5.34. The van der Waals surface area contributed by atoms with Gasteiger partial charge in [-0.2, -0.15) is 11.8 Å². The quantitative estimate of drug-likeness (QED) is 0.916. The largest absolute Gasteiger partial charge is 0.489 e. The van der Waals surface area contributed by atoms with Crippen LogP contribution in [-0.2, 0) is 0 Å². The molecule has 2 unspecified atom stereocenters. The van der Waals surface area contributed by atoms with Gasteiger partial charge in [0, 0.05) is 24.1 Å². The summed E-state index contributed by atoms with van der Waals surface area (Å²) in [5, 5.41) is 0. The number of nitrogens with zero attached hydrogens (tertiary/aromatic N) is 1. The predicted molar refractivity (Wildman–Crippen MR) is 80.7 cm³/mol. The smallest absolute Gasteiger partial charge is 0.120 e. The van der Waals surface area contributed by atoms with E-state index in [9.17, 15) is 0 Å². The molecule has 2 saturated heterocycles. The molecule has 0 spiro atoms. The van der Waals surface area contributed by atoms with Crippen molar-refractivity contribution in [1.82, 2.24) is 4.90 Å². The molecular formula is C15H22N2OS. The molecule has 0 amide bonds. The zero-order chi connectivity index (χ0) is 13.2. The van der Waals surface area contributed by atoms with E-state index in [1.165, 1.54) is 5.56 Å². The average Bonchev–Trinajstić information content (AvgIpc) is 2.76. The van der Waals surface area contributed by atoms with E-state index in [4.69, 9.17) is 10.5 Å². The number of benzene rings is 1. The second-order valence-electron chi connectivity index (χ2n) is 5.64. The predicted octanol–water partition coefficient (Wildman–Crippen LogP) is 2.13. The summed E-state index contributed by atoms with van der Waals surface area (Å²) < 4.78 is 5.97. The molecule has 0 bridgehead atoms. The maximum absolute atomic E-state index is 5.97. The molecule has 3 nitrogen and oxygen atoms in total. The molecule has 2 aliphatic rings. The van der Waals surface area contributed by atoms with Crippen LogP contribution >= 0.6 is 11.8 Å². The Kier molecular flexibility index (Phi) is 4.01. The van der Waals surface area contributed by atoms with Crippen molar-refractivity contribution in [2.75, 3.05) is 31.6 Å². The van der Waals surface area contributed by atoms with E-state index >= 15 is 0 Å². The third-order valence-electron chi connectivity index (χ3n) is 4.12. The maximum Gasteiger partial charge on any atom is 0.120 e. The lowest BCUT2D eigenvalue weighted by molar-refractivity contribution is 0.239. The topological polar surface area (TPSA) is 38.5 Å². The van der Waals surface area contributed by atoms with Crippen molar-refractivity contribution in [3.05, 3.63) is 29.8 Å². The van der Waals surface area contributed by atoms with E-state index in [1.54, 1.807) is 0 Å². The lowest BCUT2D eigenvalue weighted by Gasteiger charge is -2.26. The van der Waals surface area contributed by atoms with Gasteiger partial charge in [-0.05, 0) is 43.6 Å². The van der Waals surface area contributed by atoms with E-state index in [-0.39, 0.29) is 0 Å². The molecule has 0 aromatic heterocycles. The lowest BCUT2D eigenvalue weighted by Crippen LogP contribution is -2.31. The molecule has 0 saturated carbocycles. The Morgan fingerprint density at radius 3 is 2.89 bits per heavy atom. The van der Waals surface area contributed by atoms with Crippen LogP contribution in [0.25, 0.3) is 0 Å². The molecule has 0 aliphatic carbocycles. The molecule has 1 aromatic carbocycles. The standard InChI is InChI=1S/C15H22N2OS/c1-17-8-11(7-16)5-15(17)12-3-2-4-13(6-12)18-14-9-19-10-14/h2-4,6,11,14-15H,5,7-10,16H2,1H3. The zero-order valence-electron chi connectivity index (χ0n) is 11.4. The molecular weight excluding hydrogens is 256 g/mol. The minimum atomic E-state index is 0.415. The van der Waals surface area contributed by atoms with Gasteiger partial charge in [-0.1, -0.05) is 12.1 Å². The van der Waals surface area contributed by atoms with Crippen LogP contribution in [0.5, 0.6) is 5.75 Å². The fourth-order valence-electron chi connectivity index (χ4n) is 2.94. The summed E-state index contributed by atoms with van der Waals surface area (Å²) in [6, 6.07) is 9.10. The Bertz CT molecular complexity index is 436. The molecule has 2 atom stereocenters. The highest BCUT2D eigenvalue weighted by molar-refractivity contribution is 8.00.